The maximum atomic E-state index is 13.6. The number of hydrogen-bond donors (Lipinski definition) is 5. The van der Waals surface area contributed by atoms with E-state index in [1.807, 2.05) is 0 Å². The summed E-state index contributed by atoms with van der Waals surface area (Å²) in [6, 6.07) is 4.20. The van der Waals surface area contributed by atoms with E-state index in [4.69, 9.17) is 10.5 Å². The number of benzene rings is 1. The first-order valence-electron chi connectivity index (χ1n) is 9.86. The maximum absolute atomic E-state index is 13.6. The van der Waals surface area contributed by atoms with E-state index in [1.54, 1.807) is 0 Å². The average molecular weight is 443 g/mol. The van der Waals surface area contributed by atoms with Gasteiger partial charge in [0.2, 0.25) is 5.78 Å². The molecule has 32 heavy (non-hydrogen) atoms. The van der Waals surface area contributed by atoms with E-state index >= 15 is 0 Å². The molecule has 1 aromatic rings. The van der Waals surface area contributed by atoms with Crippen molar-refractivity contribution in [3.05, 3.63) is 46.2 Å². The van der Waals surface area contributed by atoms with Crippen molar-refractivity contribution in [3.8, 4) is 5.75 Å². The van der Waals surface area contributed by atoms with E-state index in [0.29, 0.717) is 0 Å². The van der Waals surface area contributed by atoms with Gasteiger partial charge in [-0.25, -0.2) is 0 Å². The Kier molecular flexibility index (Phi) is 4.67. The van der Waals surface area contributed by atoms with E-state index < -0.39 is 81.1 Å². The number of ether oxygens (including phenoxy) is 1. The lowest BCUT2D eigenvalue weighted by Crippen LogP contribution is -2.61. The van der Waals surface area contributed by atoms with Gasteiger partial charge in [-0.3, -0.25) is 19.2 Å². The molecule has 0 heterocycles. The molecule has 0 radical (unpaired) electrons. The van der Waals surface area contributed by atoms with Gasteiger partial charge >= 0.3 is 5.97 Å². The fraction of sp³-hybridized carbons (Fsp3) is 0.364. The van der Waals surface area contributed by atoms with Crippen LogP contribution in [0.3, 0.4) is 0 Å². The number of ketones is 2. The van der Waals surface area contributed by atoms with Crippen LogP contribution in [0, 0.1) is 17.8 Å². The lowest BCUT2D eigenvalue weighted by atomic mass is 9.54. The second kappa shape index (κ2) is 6.92. The molecule has 5 atom stereocenters. The lowest BCUT2D eigenvalue weighted by molar-refractivity contribution is -0.154. The molecule has 0 unspecified atom stereocenters. The molecule has 168 valence electrons. The zero-order valence-corrected chi connectivity index (χ0v) is 17.2. The van der Waals surface area contributed by atoms with Crippen molar-refractivity contribution < 1.29 is 44.3 Å². The number of esters is 1. The highest BCUT2D eigenvalue weighted by Gasteiger charge is 2.64. The van der Waals surface area contributed by atoms with Crippen LogP contribution in [0.5, 0.6) is 5.75 Å². The first-order valence-corrected chi connectivity index (χ1v) is 9.86. The molecule has 3 aliphatic rings. The molecule has 4 rings (SSSR count). The Bertz CT molecular complexity index is 1160. The molecule has 0 aliphatic heterocycles. The number of nitrogens with two attached hydrogens (primary N) is 1. The molecule has 1 saturated carbocycles. The minimum Gasteiger partial charge on any atom is -0.508 e. The first kappa shape index (κ1) is 21.6. The zero-order chi connectivity index (χ0) is 23.7. The van der Waals surface area contributed by atoms with Crippen molar-refractivity contribution >= 4 is 29.2 Å². The number of methoxy groups -OCH3 is 1. The van der Waals surface area contributed by atoms with Crippen molar-refractivity contribution in [2.24, 2.45) is 23.5 Å². The number of carbonyl (C=O) groups is 4. The molecule has 0 aromatic heterocycles. The molecule has 0 spiro atoms. The number of phenols is 1. The van der Waals surface area contributed by atoms with E-state index in [2.05, 4.69) is 0 Å². The highest BCUT2D eigenvalue weighted by atomic mass is 16.5. The number of carbonyl (C=O) groups excluding carboxylic acids is 4. The fourth-order valence-corrected chi connectivity index (χ4v) is 5.34. The van der Waals surface area contributed by atoms with Crippen LogP contribution in [0.4, 0.5) is 0 Å². The van der Waals surface area contributed by atoms with Gasteiger partial charge in [-0.1, -0.05) is 19.1 Å². The molecule has 1 fully saturated rings. The van der Waals surface area contributed by atoms with Gasteiger partial charge in [-0.15, -0.1) is 0 Å². The van der Waals surface area contributed by atoms with Crippen LogP contribution in [0.2, 0.25) is 0 Å². The monoisotopic (exact) mass is 443 g/mol. The molecule has 0 saturated heterocycles. The molecule has 3 aliphatic carbocycles. The summed E-state index contributed by atoms with van der Waals surface area (Å²) in [7, 11) is 1.14. The van der Waals surface area contributed by atoms with Gasteiger partial charge < -0.3 is 30.9 Å². The smallest absolute Gasteiger partial charge is 0.313 e. The summed E-state index contributed by atoms with van der Waals surface area (Å²) in [5.41, 5.74) is 1.22. The standard InChI is InChI=1S/C22H21NO9/c1-7-10-6-9-12(21(30)32-2)8-4-3-5-11(24)13(8)17(26)14(9)18(27)22(10,31)19(28)15(16(7)25)20(23)29/h3-5,7,9-10,12,24,26,28,31H,6H2,1-2H3,(H2,23,29)/t7-,9+,10-,12+,22-/m0/s1. The third-order valence-corrected chi connectivity index (χ3v) is 6.87. The normalized spacial score (nSPS) is 31.6. The number of amides is 1. The van der Waals surface area contributed by atoms with Gasteiger partial charge in [0, 0.05) is 23.3 Å². The SMILES string of the molecule is COC(=O)[C@@H]1c2cccc(O)c2C(O)=C2C(=O)[C@]3(O)C(O)=C(C(N)=O)C(=O)[C@@H](C)[C@@H]3C[C@@H]21. The predicted octanol–water partition coefficient (Wildman–Crippen LogP) is 0.384. The average Bonchev–Trinajstić information content (AvgIpc) is 2.73. The maximum Gasteiger partial charge on any atom is 0.313 e. The van der Waals surface area contributed by atoms with Crippen molar-refractivity contribution in [2.45, 2.75) is 24.9 Å². The van der Waals surface area contributed by atoms with E-state index in [1.165, 1.54) is 25.1 Å². The molecular formula is C22H21NO9. The number of aliphatic hydroxyl groups is 3. The molecule has 6 N–H and O–H groups in total. The van der Waals surface area contributed by atoms with Crippen LogP contribution in [-0.2, 0) is 23.9 Å². The van der Waals surface area contributed by atoms with Crippen LogP contribution < -0.4 is 5.73 Å². The van der Waals surface area contributed by atoms with E-state index in [0.717, 1.165) is 7.11 Å². The molecular weight excluding hydrogens is 422 g/mol. The van der Waals surface area contributed by atoms with Gasteiger partial charge in [0.15, 0.2) is 11.4 Å². The number of fused-ring (bicyclic) bond motifs is 3. The number of primary amides is 1. The summed E-state index contributed by atoms with van der Waals surface area (Å²) in [6.07, 6.45) is -0.181. The van der Waals surface area contributed by atoms with E-state index in [9.17, 15) is 39.6 Å². The largest absolute Gasteiger partial charge is 0.508 e. The number of hydrogen-bond acceptors (Lipinski definition) is 9. The molecule has 10 heteroatoms. The second-order valence-electron chi connectivity index (χ2n) is 8.29. The quantitative estimate of drug-likeness (QED) is 0.318. The second-order valence-corrected chi connectivity index (χ2v) is 8.29. The summed E-state index contributed by atoms with van der Waals surface area (Å²) in [5, 5.41) is 43.3. The minimum absolute atomic E-state index is 0.178. The number of phenolic OH excluding ortho intramolecular Hbond substituents is 1. The third kappa shape index (κ3) is 2.49. The van der Waals surface area contributed by atoms with Gasteiger partial charge in [-0.2, -0.15) is 0 Å². The summed E-state index contributed by atoms with van der Waals surface area (Å²) < 4.78 is 4.90. The fourth-order valence-electron chi connectivity index (χ4n) is 5.34. The Morgan fingerprint density at radius 3 is 2.44 bits per heavy atom. The Labute approximate surface area is 181 Å². The zero-order valence-electron chi connectivity index (χ0n) is 17.2. The molecule has 0 bridgehead atoms. The van der Waals surface area contributed by atoms with Gasteiger partial charge in [-0.05, 0) is 18.1 Å². The van der Waals surface area contributed by atoms with Gasteiger partial charge in [0.05, 0.1) is 18.6 Å². The summed E-state index contributed by atoms with van der Waals surface area (Å²) in [5.74, 6) is -10.8. The Hall–Kier alpha value is -3.66. The molecule has 1 aromatic carbocycles. The Morgan fingerprint density at radius 2 is 1.84 bits per heavy atom. The number of Topliss-reactive ketones (excluding diaryl/α,β-unsaturated/α-hetero) is 2. The van der Waals surface area contributed by atoms with E-state index in [-0.39, 0.29) is 17.5 Å². The number of aromatic hydroxyl groups is 1. The van der Waals surface area contributed by atoms with Crippen molar-refractivity contribution in [3.63, 3.8) is 0 Å². The first-order chi connectivity index (χ1) is 15.0. The van der Waals surface area contributed by atoms with Crippen LogP contribution in [-0.4, -0.2) is 56.6 Å². The summed E-state index contributed by atoms with van der Waals surface area (Å²) in [6.45, 7) is 1.38. The van der Waals surface area contributed by atoms with Gasteiger partial charge in [0.1, 0.15) is 22.8 Å². The molecule has 1 amide bonds. The van der Waals surface area contributed by atoms with Crippen LogP contribution in [0.25, 0.3) is 5.76 Å². The number of rotatable bonds is 2. The summed E-state index contributed by atoms with van der Waals surface area (Å²) >= 11 is 0. The summed E-state index contributed by atoms with van der Waals surface area (Å²) in [4.78, 5) is 50.8. The highest BCUT2D eigenvalue weighted by molar-refractivity contribution is 6.23. The van der Waals surface area contributed by atoms with Crippen molar-refractivity contribution in [2.75, 3.05) is 7.11 Å². The van der Waals surface area contributed by atoms with Crippen molar-refractivity contribution in [1.29, 1.82) is 0 Å². The Morgan fingerprint density at radius 1 is 1.19 bits per heavy atom. The van der Waals surface area contributed by atoms with Gasteiger partial charge in [0.25, 0.3) is 5.91 Å². The lowest BCUT2D eigenvalue weighted by Gasteiger charge is -2.49. The topological polar surface area (TPSA) is 184 Å². The minimum atomic E-state index is -2.72. The molecule has 10 nitrogen and oxygen atoms in total. The third-order valence-electron chi connectivity index (χ3n) is 6.87. The number of aliphatic hydroxyl groups excluding tert-OH is 2. The van der Waals surface area contributed by atoms with Crippen LogP contribution >= 0.6 is 0 Å². The predicted molar refractivity (Wildman–Crippen MR) is 107 cm³/mol. The Balaban J connectivity index is 2.03. The highest BCUT2D eigenvalue weighted by Crippen LogP contribution is 2.56. The van der Waals surface area contributed by atoms with Crippen LogP contribution in [0.15, 0.2) is 35.1 Å². The van der Waals surface area contributed by atoms with Crippen LogP contribution in [0.1, 0.15) is 30.4 Å². The van der Waals surface area contributed by atoms with Crippen molar-refractivity contribution in [1.82, 2.24) is 0 Å².